The maximum atomic E-state index is 11.7. The molecule has 2 saturated heterocycles. The predicted octanol–water partition coefficient (Wildman–Crippen LogP) is 9.39. The number of piperidine rings is 1. The summed E-state index contributed by atoms with van der Waals surface area (Å²) in [6, 6.07) is 25.1. The van der Waals surface area contributed by atoms with Crippen molar-refractivity contribution in [3.63, 3.8) is 0 Å². The highest BCUT2D eigenvalue weighted by Crippen LogP contribution is 2.44. The molecule has 3 aliphatic rings. The van der Waals surface area contributed by atoms with Crippen molar-refractivity contribution in [2.75, 3.05) is 19.7 Å². The molecule has 4 aromatic carbocycles. The van der Waals surface area contributed by atoms with Crippen molar-refractivity contribution in [2.24, 2.45) is 0 Å². The molecule has 9 nitrogen and oxygen atoms in total. The highest BCUT2D eigenvalue weighted by Gasteiger charge is 2.29. The van der Waals surface area contributed by atoms with E-state index in [9.17, 15) is 10.1 Å². The number of nitrogens with one attached hydrogen (secondary N) is 2. The van der Waals surface area contributed by atoms with Crippen LogP contribution in [0.25, 0.3) is 16.0 Å². The number of likely N-dealkylation sites (tertiary alicyclic amines) is 1. The van der Waals surface area contributed by atoms with Gasteiger partial charge in [-0.15, -0.1) is 0 Å². The molecule has 2 N–H and O–H groups in total. The molecule has 10 heteroatoms. The lowest BCUT2D eigenvalue weighted by molar-refractivity contribution is -0.122. The number of carbonyl (C=O) groups is 1. The molecule has 2 aliphatic heterocycles. The lowest BCUT2D eigenvalue weighted by Crippen LogP contribution is -2.45. The van der Waals surface area contributed by atoms with E-state index >= 15 is 0 Å². The van der Waals surface area contributed by atoms with Gasteiger partial charge in [-0.25, -0.2) is 4.85 Å². The minimum atomic E-state index is -0.200. The zero-order chi connectivity index (χ0) is 39.2. The Bertz CT molecular complexity index is 2110. The zero-order valence-corrected chi connectivity index (χ0v) is 33.3. The summed E-state index contributed by atoms with van der Waals surface area (Å²) in [7, 11) is 0. The molecule has 2 fully saturated rings. The molecular weight excluding hydrogens is 722 g/mol. The number of rotatable bonds is 14. The Morgan fingerprint density at radius 3 is 2.54 bits per heavy atom. The van der Waals surface area contributed by atoms with Crippen LogP contribution in [0.4, 0.5) is 5.69 Å². The number of hydrogen-bond donors (Lipinski definition) is 2. The van der Waals surface area contributed by atoms with Crippen LogP contribution in [0.15, 0.2) is 66.7 Å². The number of hydrogen-bond acceptors (Lipinski definition) is 7. The fraction of sp³-hybridized carbons (Fsp3) is 0.413. The number of nitriles is 1. The molecule has 0 radical (unpaired) electrons. The van der Waals surface area contributed by atoms with Crippen LogP contribution in [-0.2, 0) is 24.4 Å². The van der Waals surface area contributed by atoms with E-state index in [1.807, 2.05) is 12.1 Å². The number of nitrogens with zero attached hydrogens (tertiary/aromatic N) is 3. The Labute approximate surface area is 335 Å². The normalized spacial score (nSPS) is 20.5. The third-order valence-corrected chi connectivity index (χ3v) is 11.9. The Morgan fingerprint density at radius 2 is 1.77 bits per heavy atom. The van der Waals surface area contributed by atoms with Gasteiger partial charge < -0.3 is 24.8 Å². The van der Waals surface area contributed by atoms with Crippen molar-refractivity contribution >= 4 is 23.2 Å². The SMILES string of the molecule is [C-]#[N+]c1cc(C#N)cc(COc2cc(O[C@H]3CCc4c(-c5cccc(OCCCN6[C@@H](C)CC[C@@H]6C)c5C)cccc43)c(Cl)cc2CN[C@H]2CCC(=O)NC2)c1. The Kier molecular flexibility index (Phi) is 12.5. The van der Waals surface area contributed by atoms with Crippen LogP contribution in [-0.4, -0.2) is 48.6 Å². The summed E-state index contributed by atoms with van der Waals surface area (Å²) < 4.78 is 19.5. The number of carbonyl (C=O) groups excluding carboxylic acids is 1. The second-order valence-corrected chi connectivity index (χ2v) is 15.8. The highest BCUT2D eigenvalue weighted by molar-refractivity contribution is 6.32. The molecule has 290 valence electrons. The van der Waals surface area contributed by atoms with Crippen LogP contribution in [0.1, 0.15) is 91.9 Å². The molecule has 2 heterocycles. The van der Waals surface area contributed by atoms with Gasteiger partial charge in [0.1, 0.15) is 30.0 Å². The molecule has 0 spiro atoms. The number of fused-ring (bicyclic) bond motifs is 1. The molecule has 56 heavy (non-hydrogen) atoms. The van der Waals surface area contributed by atoms with Gasteiger partial charge in [-0.3, -0.25) is 9.69 Å². The topological polar surface area (TPSA) is 100 Å². The summed E-state index contributed by atoms with van der Waals surface area (Å²) in [6.45, 7) is 17.2. The standard InChI is InChI=1S/C46H50ClN5O4/c1-29-12-13-30(2)52(29)18-7-19-54-42-11-6-8-37(31(42)3)38-9-5-10-40-39(38)15-16-43(40)56-45-24-44(55-28-33-20-32(25-48)21-36(22-33)49-4)34(23-41(45)47)26-50-35-14-17-46(53)51-27-35/h5-6,8-11,20-24,29-30,35,43,50H,7,12-19,26-28H2,1-3H3,(H,51,53)/t29-,30-,35-,43-/m0/s1. The van der Waals surface area contributed by atoms with Crippen LogP contribution in [0, 0.1) is 24.8 Å². The Hall–Kier alpha value is -5.06. The third kappa shape index (κ3) is 8.98. The summed E-state index contributed by atoms with van der Waals surface area (Å²) in [4.78, 5) is 17.9. The largest absolute Gasteiger partial charge is 0.493 e. The molecule has 4 atom stereocenters. The van der Waals surface area contributed by atoms with E-state index in [-0.39, 0.29) is 24.7 Å². The number of amides is 1. The second-order valence-electron chi connectivity index (χ2n) is 15.4. The fourth-order valence-corrected chi connectivity index (χ4v) is 8.70. The van der Waals surface area contributed by atoms with Crippen LogP contribution in [0.2, 0.25) is 5.02 Å². The number of benzene rings is 4. The van der Waals surface area contributed by atoms with Crippen LogP contribution < -0.4 is 24.8 Å². The molecule has 0 saturated carbocycles. The van der Waals surface area contributed by atoms with Crippen molar-refractivity contribution in [2.45, 2.75) is 103 Å². The molecule has 0 bridgehead atoms. The minimum Gasteiger partial charge on any atom is -0.493 e. The average Bonchev–Trinajstić information content (AvgIpc) is 3.77. The average molecular weight is 772 g/mol. The monoisotopic (exact) mass is 771 g/mol. The Balaban J connectivity index is 1.08. The number of halogens is 1. The van der Waals surface area contributed by atoms with Gasteiger partial charge >= 0.3 is 0 Å². The maximum Gasteiger partial charge on any atom is 0.220 e. The van der Waals surface area contributed by atoms with Gasteiger partial charge in [-0.1, -0.05) is 41.9 Å². The van der Waals surface area contributed by atoms with Gasteiger partial charge in [0.25, 0.3) is 0 Å². The summed E-state index contributed by atoms with van der Waals surface area (Å²) in [5, 5.41) is 16.5. The van der Waals surface area contributed by atoms with Crippen LogP contribution in [0.3, 0.4) is 0 Å². The predicted molar refractivity (Wildman–Crippen MR) is 219 cm³/mol. The number of ether oxygens (including phenoxy) is 3. The molecule has 0 aromatic heterocycles. The quantitative estimate of drug-likeness (QED) is 0.0974. The zero-order valence-electron chi connectivity index (χ0n) is 32.5. The van der Waals surface area contributed by atoms with Crippen LogP contribution in [0.5, 0.6) is 17.2 Å². The smallest absolute Gasteiger partial charge is 0.220 e. The van der Waals surface area contributed by atoms with E-state index in [0.717, 1.165) is 60.2 Å². The van der Waals surface area contributed by atoms with Crippen molar-refractivity contribution in [3.8, 4) is 34.4 Å². The summed E-state index contributed by atoms with van der Waals surface area (Å²) >= 11 is 6.96. The van der Waals surface area contributed by atoms with Crippen molar-refractivity contribution in [1.29, 1.82) is 5.26 Å². The maximum absolute atomic E-state index is 11.7. The minimum absolute atomic E-state index is 0.0661. The van der Waals surface area contributed by atoms with Gasteiger partial charge in [0, 0.05) is 61.4 Å². The molecule has 1 aliphatic carbocycles. The third-order valence-electron chi connectivity index (χ3n) is 11.6. The van der Waals surface area contributed by atoms with E-state index in [4.69, 9.17) is 32.4 Å². The van der Waals surface area contributed by atoms with E-state index in [2.05, 4.69) is 83.6 Å². The van der Waals surface area contributed by atoms with Gasteiger partial charge in [-0.2, -0.15) is 5.26 Å². The first-order valence-electron chi connectivity index (χ1n) is 19.8. The van der Waals surface area contributed by atoms with Crippen molar-refractivity contribution in [1.82, 2.24) is 15.5 Å². The van der Waals surface area contributed by atoms with Gasteiger partial charge in [0.15, 0.2) is 5.69 Å². The van der Waals surface area contributed by atoms with Crippen molar-refractivity contribution < 1.29 is 19.0 Å². The molecule has 1 amide bonds. The highest BCUT2D eigenvalue weighted by atomic mass is 35.5. The first kappa shape index (κ1) is 39.2. The van der Waals surface area contributed by atoms with Gasteiger partial charge in [0.05, 0.1) is 24.3 Å². The van der Waals surface area contributed by atoms with Crippen molar-refractivity contribution in [3.05, 3.63) is 117 Å². The Morgan fingerprint density at radius 1 is 0.964 bits per heavy atom. The van der Waals surface area contributed by atoms with E-state index in [1.54, 1.807) is 18.2 Å². The van der Waals surface area contributed by atoms with E-state index < -0.39 is 0 Å². The van der Waals surface area contributed by atoms with Crippen LogP contribution >= 0.6 is 11.6 Å². The fourth-order valence-electron chi connectivity index (χ4n) is 8.47. The molecular formula is C46H50ClN5O4. The lowest BCUT2D eigenvalue weighted by atomic mass is 9.93. The first-order chi connectivity index (χ1) is 27.2. The van der Waals surface area contributed by atoms with E-state index in [0.29, 0.717) is 66.0 Å². The second kappa shape index (κ2) is 17.8. The summed E-state index contributed by atoms with van der Waals surface area (Å²) in [6.07, 6.45) is 6.25. The first-order valence-corrected chi connectivity index (χ1v) is 20.2. The molecule has 7 rings (SSSR count). The summed E-state index contributed by atoms with van der Waals surface area (Å²) in [5.74, 6) is 2.11. The van der Waals surface area contributed by atoms with E-state index in [1.165, 1.54) is 29.5 Å². The molecule has 0 unspecified atom stereocenters. The lowest BCUT2D eigenvalue weighted by Gasteiger charge is -2.25. The molecule has 4 aromatic rings. The van der Waals surface area contributed by atoms with Gasteiger partial charge in [0.2, 0.25) is 5.91 Å². The van der Waals surface area contributed by atoms with Gasteiger partial charge in [-0.05, 0) is 123 Å². The summed E-state index contributed by atoms with van der Waals surface area (Å²) in [5.41, 5.74) is 8.28.